The standard InChI is InChI=1S/C18H26FN3O2/c1-20-8-10-21(11-9-20)18(24)6-7-22-13-16(23)12-17(22)14-2-4-15(19)5-3-14/h2-5,16-17,23H,6-13H2,1H3. The Morgan fingerprint density at radius 3 is 2.54 bits per heavy atom. The molecule has 2 aliphatic heterocycles. The summed E-state index contributed by atoms with van der Waals surface area (Å²) in [6, 6.07) is 6.50. The van der Waals surface area contributed by atoms with Crippen LogP contribution in [0.4, 0.5) is 4.39 Å². The van der Waals surface area contributed by atoms with E-state index in [0.29, 0.717) is 25.9 Å². The normalized spacial score (nSPS) is 26.0. The van der Waals surface area contributed by atoms with E-state index in [2.05, 4.69) is 16.8 Å². The van der Waals surface area contributed by atoms with Crippen LogP contribution >= 0.6 is 0 Å². The first kappa shape index (κ1) is 17.3. The van der Waals surface area contributed by atoms with Crippen molar-refractivity contribution in [3.8, 4) is 0 Å². The molecule has 0 spiro atoms. The molecule has 1 aromatic rings. The van der Waals surface area contributed by atoms with Gasteiger partial charge in [-0.25, -0.2) is 4.39 Å². The van der Waals surface area contributed by atoms with Gasteiger partial charge in [0.1, 0.15) is 5.82 Å². The maximum atomic E-state index is 13.1. The monoisotopic (exact) mass is 335 g/mol. The summed E-state index contributed by atoms with van der Waals surface area (Å²) in [5, 5.41) is 10.0. The molecule has 2 saturated heterocycles. The number of carbonyl (C=O) groups excluding carboxylic acids is 1. The molecule has 0 saturated carbocycles. The molecule has 132 valence electrons. The number of aliphatic hydroxyl groups is 1. The number of amides is 1. The third-order valence-electron chi connectivity index (χ3n) is 5.11. The van der Waals surface area contributed by atoms with E-state index < -0.39 is 6.10 Å². The van der Waals surface area contributed by atoms with Crippen molar-refractivity contribution in [2.24, 2.45) is 0 Å². The zero-order valence-corrected chi connectivity index (χ0v) is 14.2. The Bertz CT molecular complexity index is 558. The minimum Gasteiger partial charge on any atom is -0.392 e. The van der Waals surface area contributed by atoms with Gasteiger partial charge in [0.25, 0.3) is 0 Å². The number of rotatable bonds is 4. The Labute approximate surface area is 142 Å². The first-order valence-corrected chi connectivity index (χ1v) is 8.67. The molecule has 1 aromatic carbocycles. The van der Waals surface area contributed by atoms with Gasteiger partial charge in [0.05, 0.1) is 6.10 Å². The number of β-amino-alcohol motifs (C(OH)–C–C–N with tert-alkyl or cyclic N) is 1. The van der Waals surface area contributed by atoms with Gasteiger partial charge >= 0.3 is 0 Å². The number of piperazine rings is 1. The van der Waals surface area contributed by atoms with E-state index in [1.54, 1.807) is 12.1 Å². The van der Waals surface area contributed by atoms with Crippen LogP contribution in [-0.4, -0.2) is 78.1 Å². The zero-order valence-electron chi connectivity index (χ0n) is 14.2. The van der Waals surface area contributed by atoms with Crippen molar-refractivity contribution in [2.75, 3.05) is 46.3 Å². The van der Waals surface area contributed by atoms with Gasteiger partial charge in [-0.3, -0.25) is 9.69 Å². The van der Waals surface area contributed by atoms with Crippen LogP contribution in [0.2, 0.25) is 0 Å². The van der Waals surface area contributed by atoms with Gasteiger partial charge in [0.15, 0.2) is 0 Å². The second kappa shape index (κ2) is 7.59. The van der Waals surface area contributed by atoms with Gasteiger partial charge in [0, 0.05) is 51.7 Å². The largest absolute Gasteiger partial charge is 0.392 e. The summed E-state index contributed by atoms with van der Waals surface area (Å²) < 4.78 is 13.1. The van der Waals surface area contributed by atoms with Crippen molar-refractivity contribution >= 4 is 5.91 Å². The van der Waals surface area contributed by atoms with Crippen LogP contribution in [0.5, 0.6) is 0 Å². The smallest absolute Gasteiger partial charge is 0.223 e. The quantitative estimate of drug-likeness (QED) is 0.895. The molecule has 2 fully saturated rings. The molecular formula is C18H26FN3O2. The SMILES string of the molecule is CN1CCN(C(=O)CCN2CC(O)CC2c2ccc(F)cc2)CC1. The number of likely N-dealkylation sites (N-methyl/N-ethyl adjacent to an activating group) is 1. The van der Waals surface area contributed by atoms with Gasteiger partial charge in [-0.2, -0.15) is 0 Å². The Morgan fingerprint density at radius 1 is 1.21 bits per heavy atom. The molecule has 0 aliphatic carbocycles. The van der Waals surface area contributed by atoms with Crippen molar-refractivity contribution in [1.29, 1.82) is 0 Å². The van der Waals surface area contributed by atoms with Gasteiger partial charge in [0.2, 0.25) is 5.91 Å². The van der Waals surface area contributed by atoms with Gasteiger partial charge in [-0.15, -0.1) is 0 Å². The van der Waals surface area contributed by atoms with Crippen LogP contribution in [0.25, 0.3) is 0 Å². The van der Waals surface area contributed by atoms with Crippen molar-refractivity contribution in [3.05, 3.63) is 35.6 Å². The van der Waals surface area contributed by atoms with E-state index in [9.17, 15) is 14.3 Å². The van der Waals surface area contributed by atoms with E-state index in [1.807, 2.05) is 4.90 Å². The van der Waals surface area contributed by atoms with Crippen LogP contribution in [0.3, 0.4) is 0 Å². The first-order valence-electron chi connectivity index (χ1n) is 8.67. The Balaban J connectivity index is 1.56. The maximum absolute atomic E-state index is 13.1. The van der Waals surface area contributed by atoms with Gasteiger partial charge in [-0.05, 0) is 31.2 Å². The summed E-state index contributed by atoms with van der Waals surface area (Å²) in [4.78, 5) is 18.7. The van der Waals surface area contributed by atoms with Gasteiger partial charge < -0.3 is 14.9 Å². The highest BCUT2D eigenvalue weighted by Gasteiger charge is 2.32. The van der Waals surface area contributed by atoms with Gasteiger partial charge in [-0.1, -0.05) is 12.1 Å². The van der Waals surface area contributed by atoms with Crippen LogP contribution < -0.4 is 0 Å². The second-order valence-corrected chi connectivity index (χ2v) is 6.89. The molecule has 0 aromatic heterocycles. The molecule has 2 unspecified atom stereocenters. The zero-order chi connectivity index (χ0) is 17.1. The number of hydrogen-bond donors (Lipinski definition) is 1. The van der Waals surface area contributed by atoms with Crippen molar-refractivity contribution in [3.63, 3.8) is 0 Å². The average molecular weight is 335 g/mol. The average Bonchev–Trinajstić information content (AvgIpc) is 2.95. The molecule has 24 heavy (non-hydrogen) atoms. The maximum Gasteiger partial charge on any atom is 0.223 e. The number of likely N-dealkylation sites (tertiary alicyclic amines) is 1. The predicted molar refractivity (Wildman–Crippen MR) is 90.0 cm³/mol. The highest BCUT2D eigenvalue weighted by atomic mass is 19.1. The highest BCUT2D eigenvalue weighted by Crippen LogP contribution is 2.32. The summed E-state index contributed by atoms with van der Waals surface area (Å²) >= 11 is 0. The molecule has 0 bridgehead atoms. The number of carbonyl (C=O) groups is 1. The molecule has 6 heteroatoms. The number of hydrogen-bond acceptors (Lipinski definition) is 4. The summed E-state index contributed by atoms with van der Waals surface area (Å²) in [6.07, 6.45) is 0.710. The van der Waals surface area contributed by atoms with Crippen LogP contribution in [0.15, 0.2) is 24.3 Å². The molecular weight excluding hydrogens is 309 g/mol. The number of halogens is 1. The second-order valence-electron chi connectivity index (χ2n) is 6.89. The van der Waals surface area contributed by atoms with Crippen LogP contribution in [-0.2, 0) is 4.79 Å². The predicted octanol–water partition coefficient (Wildman–Crippen LogP) is 1.10. The topological polar surface area (TPSA) is 47.0 Å². The lowest BCUT2D eigenvalue weighted by molar-refractivity contribution is -0.133. The van der Waals surface area contributed by atoms with Crippen molar-refractivity contribution < 1.29 is 14.3 Å². The van der Waals surface area contributed by atoms with Crippen LogP contribution in [0.1, 0.15) is 24.4 Å². The Morgan fingerprint density at radius 2 is 1.88 bits per heavy atom. The fourth-order valence-corrected chi connectivity index (χ4v) is 3.61. The van der Waals surface area contributed by atoms with E-state index in [1.165, 1.54) is 12.1 Å². The molecule has 1 amide bonds. The molecule has 2 atom stereocenters. The molecule has 3 rings (SSSR count). The first-order chi connectivity index (χ1) is 11.5. The number of nitrogens with zero attached hydrogens (tertiary/aromatic N) is 3. The van der Waals surface area contributed by atoms with E-state index in [0.717, 1.165) is 31.7 Å². The lowest BCUT2D eigenvalue weighted by atomic mass is 10.0. The highest BCUT2D eigenvalue weighted by molar-refractivity contribution is 5.76. The summed E-state index contributed by atoms with van der Waals surface area (Å²) in [5.74, 6) is -0.0727. The molecule has 0 radical (unpaired) electrons. The Kier molecular flexibility index (Phi) is 5.48. The molecule has 2 heterocycles. The number of aliphatic hydroxyl groups excluding tert-OH is 1. The Hall–Kier alpha value is -1.50. The summed E-state index contributed by atoms with van der Waals surface area (Å²) in [5.41, 5.74) is 1.000. The third-order valence-corrected chi connectivity index (χ3v) is 5.11. The van der Waals surface area contributed by atoms with Crippen molar-refractivity contribution in [1.82, 2.24) is 14.7 Å². The fraction of sp³-hybridized carbons (Fsp3) is 0.611. The van der Waals surface area contributed by atoms with Crippen LogP contribution in [0, 0.1) is 5.82 Å². The fourth-order valence-electron chi connectivity index (χ4n) is 3.61. The minimum absolute atomic E-state index is 0.0564. The lowest BCUT2D eigenvalue weighted by Crippen LogP contribution is -2.47. The minimum atomic E-state index is -0.390. The van der Waals surface area contributed by atoms with E-state index in [4.69, 9.17) is 0 Å². The molecule has 2 aliphatic rings. The number of benzene rings is 1. The van der Waals surface area contributed by atoms with E-state index >= 15 is 0 Å². The van der Waals surface area contributed by atoms with Crippen molar-refractivity contribution in [2.45, 2.75) is 25.0 Å². The molecule has 5 nitrogen and oxygen atoms in total. The summed E-state index contributed by atoms with van der Waals surface area (Å²) in [7, 11) is 2.07. The lowest BCUT2D eigenvalue weighted by Gasteiger charge is -2.33. The summed E-state index contributed by atoms with van der Waals surface area (Å²) in [6.45, 7) is 4.62. The van der Waals surface area contributed by atoms with E-state index in [-0.39, 0.29) is 17.8 Å². The molecule has 1 N–H and O–H groups in total. The third kappa shape index (κ3) is 4.12.